The largest absolute Gasteiger partial charge is 0.481 e. The van der Waals surface area contributed by atoms with Gasteiger partial charge in [0.05, 0.1) is 23.9 Å². The van der Waals surface area contributed by atoms with E-state index in [2.05, 4.69) is 37.5 Å². The Bertz CT molecular complexity index is 1310. The van der Waals surface area contributed by atoms with Crippen LogP contribution in [0, 0.1) is 6.92 Å². The second-order valence-electron chi connectivity index (χ2n) is 7.80. The first kappa shape index (κ1) is 24.9. The number of fused-ring (bicyclic) bond motifs is 1. The van der Waals surface area contributed by atoms with E-state index < -0.39 is 0 Å². The molecule has 0 aliphatic heterocycles. The van der Waals surface area contributed by atoms with Crippen LogP contribution < -0.4 is 15.4 Å². The Morgan fingerprint density at radius 2 is 1.94 bits per heavy atom. The number of carbonyl (C=O) groups excluding carboxylic acids is 1. The molecule has 0 spiro atoms. The van der Waals surface area contributed by atoms with Crippen molar-refractivity contribution in [3.05, 3.63) is 71.8 Å². The van der Waals surface area contributed by atoms with E-state index in [0.29, 0.717) is 18.0 Å². The van der Waals surface area contributed by atoms with Crippen molar-refractivity contribution in [3.63, 3.8) is 0 Å². The Labute approximate surface area is 205 Å². The number of methoxy groups -OCH3 is 1. The van der Waals surface area contributed by atoms with Crippen LogP contribution in [0.15, 0.2) is 55.1 Å². The van der Waals surface area contributed by atoms with E-state index in [-0.39, 0.29) is 25.3 Å². The van der Waals surface area contributed by atoms with Crippen LogP contribution in [0.5, 0.6) is 5.88 Å². The average molecular weight is 477 g/mol. The molecule has 1 atom stereocenters. The van der Waals surface area contributed by atoms with Crippen molar-refractivity contribution >= 4 is 36.1 Å². The number of rotatable bonds is 7. The Balaban J connectivity index is 0.00000324. The Hall–Kier alpha value is -3.72. The third-order valence-corrected chi connectivity index (χ3v) is 5.58. The van der Waals surface area contributed by atoms with Crippen LogP contribution in [-0.4, -0.2) is 46.5 Å². The molecule has 4 aromatic rings. The quantitative estimate of drug-likeness (QED) is 0.414. The first-order chi connectivity index (χ1) is 16.0. The number of hydrogen-bond donors (Lipinski definition) is 2. The van der Waals surface area contributed by atoms with Crippen molar-refractivity contribution in [1.82, 2.24) is 25.3 Å². The first-order valence-electron chi connectivity index (χ1n) is 10.7. The molecule has 8 nitrogen and oxygen atoms in total. The van der Waals surface area contributed by atoms with Gasteiger partial charge in [-0.05, 0) is 24.6 Å². The van der Waals surface area contributed by atoms with Crippen molar-refractivity contribution in [2.75, 3.05) is 26.0 Å². The lowest BCUT2D eigenvalue weighted by molar-refractivity contribution is 0.0964. The number of pyridine rings is 2. The number of carbonyl (C=O) groups is 1. The molecule has 2 N–H and O–H groups in total. The van der Waals surface area contributed by atoms with Crippen molar-refractivity contribution < 1.29 is 9.53 Å². The molecule has 34 heavy (non-hydrogen) atoms. The van der Waals surface area contributed by atoms with Gasteiger partial charge in [-0.1, -0.05) is 25.1 Å². The number of aryl methyl sites for hydroxylation is 1. The van der Waals surface area contributed by atoms with Gasteiger partial charge in [0.15, 0.2) is 0 Å². The molecule has 0 aliphatic rings. The second-order valence-corrected chi connectivity index (χ2v) is 7.80. The molecule has 0 aliphatic carbocycles. The summed E-state index contributed by atoms with van der Waals surface area (Å²) in [6, 6.07) is 11.6. The van der Waals surface area contributed by atoms with Crippen molar-refractivity contribution in [3.8, 4) is 17.1 Å². The van der Waals surface area contributed by atoms with Crippen LogP contribution in [-0.2, 0) is 0 Å². The van der Waals surface area contributed by atoms with Crippen LogP contribution in [0.25, 0.3) is 22.2 Å². The molecule has 1 amide bonds. The van der Waals surface area contributed by atoms with Gasteiger partial charge in [-0.25, -0.2) is 15.0 Å². The standard InChI is InChI=1S/C25H26N6O2.H2S/c1-15-10-17(13-29-25(15)33-4)21-11-22(31-14-30-21)28-12-16(2)18-6-5-7-19-20(24(32)26-3)8-9-27-23(18)19;/h5-11,13-14,16H,12H2,1-4H3,(H,26,32)(H,28,30,31);1H2/t16-;/m1./s1. The zero-order valence-corrected chi connectivity index (χ0v) is 20.6. The number of nitrogens with zero attached hydrogens (tertiary/aromatic N) is 4. The lowest BCUT2D eigenvalue weighted by Gasteiger charge is -2.16. The van der Waals surface area contributed by atoms with E-state index in [9.17, 15) is 4.79 Å². The number of ether oxygens (including phenoxy) is 1. The van der Waals surface area contributed by atoms with E-state index in [1.54, 1.807) is 32.6 Å². The zero-order valence-electron chi connectivity index (χ0n) is 19.6. The normalized spacial score (nSPS) is 11.4. The van der Waals surface area contributed by atoms with Crippen LogP contribution >= 0.6 is 13.5 Å². The highest BCUT2D eigenvalue weighted by Crippen LogP contribution is 2.27. The van der Waals surface area contributed by atoms with Gasteiger partial charge in [0.25, 0.3) is 5.91 Å². The lowest BCUT2D eigenvalue weighted by atomic mass is 9.96. The van der Waals surface area contributed by atoms with Gasteiger partial charge in [-0.3, -0.25) is 9.78 Å². The fourth-order valence-corrected chi connectivity index (χ4v) is 3.82. The van der Waals surface area contributed by atoms with Gasteiger partial charge in [-0.2, -0.15) is 13.5 Å². The second kappa shape index (κ2) is 10.9. The molecule has 3 aromatic heterocycles. The molecule has 0 saturated carbocycles. The molecule has 0 saturated heterocycles. The van der Waals surface area contributed by atoms with E-state index in [1.807, 2.05) is 37.3 Å². The summed E-state index contributed by atoms with van der Waals surface area (Å²) in [5.41, 5.74) is 5.13. The molecule has 0 bridgehead atoms. The molecule has 4 rings (SSSR count). The SMILES string of the molecule is CNC(=O)c1ccnc2c([C@H](C)CNc3cc(-c4cnc(OC)c(C)c4)ncn3)cccc12.S. The third kappa shape index (κ3) is 5.09. The summed E-state index contributed by atoms with van der Waals surface area (Å²) >= 11 is 0. The number of amides is 1. The zero-order chi connectivity index (χ0) is 23.4. The molecular formula is C25H28N6O2S. The fraction of sp³-hybridized carbons (Fsp3) is 0.240. The average Bonchev–Trinajstić information content (AvgIpc) is 2.86. The maximum atomic E-state index is 12.2. The van der Waals surface area contributed by atoms with Crippen LogP contribution in [0.4, 0.5) is 5.82 Å². The van der Waals surface area contributed by atoms with Crippen LogP contribution in [0.3, 0.4) is 0 Å². The number of anilines is 1. The van der Waals surface area contributed by atoms with E-state index >= 15 is 0 Å². The maximum Gasteiger partial charge on any atom is 0.251 e. The Morgan fingerprint density at radius 1 is 1.12 bits per heavy atom. The third-order valence-electron chi connectivity index (χ3n) is 5.58. The van der Waals surface area contributed by atoms with Gasteiger partial charge < -0.3 is 15.4 Å². The maximum absolute atomic E-state index is 12.2. The van der Waals surface area contributed by atoms with Crippen molar-refractivity contribution in [1.29, 1.82) is 0 Å². The van der Waals surface area contributed by atoms with Gasteiger partial charge in [0.2, 0.25) is 5.88 Å². The highest BCUT2D eigenvalue weighted by molar-refractivity contribution is 7.59. The predicted octanol–water partition coefficient (Wildman–Crippen LogP) is 4.09. The van der Waals surface area contributed by atoms with Gasteiger partial charge >= 0.3 is 0 Å². The molecule has 176 valence electrons. The summed E-state index contributed by atoms with van der Waals surface area (Å²) in [5.74, 6) is 1.33. The summed E-state index contributed by atoms with van der Waals surface area (Å²) in [5, 5.41) is 6.93. The number of nitrogens with one attached hydrogen (secondary N) is 2. The number of para-hydroxylation sites is 1. The van der Waals surface area contributed by atoms with Crippen LogP contribution in [0.1, 0.15) is 34.3 Å². The predicted molar refractivity (Wildman–Crippen MR) is 139 cm³/mol. The highest BCUT2D eigenvalue weighted by atomic mass is 32.1. The topological polar surface area (TPSA) is 102 Å². The summed E-state index contributed by atoms with van der Waals surface area (Å²) in [7, 11) is 3.23. The minimum absolute atomic E-state index is 0. The van der Waals surface area contributed by atoms with E-state index in [1.165, 1.54) is 6.33 Å². The number of aromatic nitrogens is 4. The van der Waals surface area contributed by atoms with E-state index in [4.69, 9.17) is 4.74 Å². The molecular weight excluding hydrogens is 448 g/mol. The summed E-state index contributed by atoms with van der Waals surface area (Å²) < 4.78 is 5.24. The molecule has 0 fully saturated rings. The summed E-state index contributed by atoms with van der Waals surface area (Å²) in [6.45, 7) is 4.71. The van der Waals surface area contributed by atoms with Gasteiger partial charge in [-0.15, -0.1) is 0 Å². The smallest absolute Gasteiger partial charge is 0.251 e. The highest BCUT2D eigenvalue weighted by Gasteiger charge is 2.15. The first-order valence-corrected chi connectivity index (χ1v) is 10.7. The number of hydrogen-bond acceptors (Lipinski definition) is 7. The molecule has 1 aromatic carbocycles. The van der Waals surface area contributed by atoms with Crippen molar-refractivity contribution in [2.24, 2.45) is 0 Å². The summed E-state index contributed by atoms with van der Waals surface area (Å²) in [6.07, 6.45) is 4.96. The van der Waals surface area contributed by atoms with Gasteiger partial charge in [0, 0.05) is 54.5 Å². The molecule has 9 heteroatoms. The van der Waals surface area contributed by atoms with E-state index in [0.717, 1.165) is 39.1 Å². The molecule has 0 unspecified atom stereocenters. The van der Waals surface area contributed by atoms with Gasteiger partial charge in [0.1, 0.15) is 12.1 Å². The Kier molecular flexibility index (Phi) is 8.01. The molecule has 0 radical (unpaired) electrons. The summed E-state index contributed by atoms with van der Waals surface area (Å²) in [4.78, 5) is 29.9. The lowest BCUT2D eigenvalue weighted by Crippen LogP contribution is -2.18. The number of benzene rings is 1. The monoisotopic (exact) mass is 476 g/mol. The molecule has 3 heterocycles. The minimum Gasteiger partial charge on any atom is -0.481 e. The van der Waals surface area contributed by atoms with Crippen LogP contribution in [0.2, 0.25) is 0 Å². The van der Waals surface area contributed by atoms with Crippen molar-refractivity contribution in [2.45, 2.75) is 19.8 Å². The fourth-order valence-electron chi connectivity index (χ4n) is 3.82. The minimum atomic E-state index is -0.123. The Morgan fingerprint density at radius 3 is 2.68 bits per heavy atom.